The van der Waals surface area contributed by atoms with Crippen LogP contribution in [0.5, 0.6) is 0 Å². The van der Waals surface area contributed by atoms with Crippen molar-refractivity contribution in [2.75, 3.05) is 0 Å². The van der Waals surface area contributed by atoms with Crippen LogP contribution in [0.25, 0.3) is 0 Å². The van der Waals surface area contributed by atoms with Gasteiger partial charge in [0.15, 0.2) is 0 Å². The lowest BCUT2D eigenvalue weighted by Crippen LogP contribution is -2.46. The minimum absolute atomic E-state index is 0.128. The van der Waals surface area contributed by atoms with Crippen LogP contribution < -0.4 is 5.73 Å². The fourth-order valence-electron chi connectivity index (χ4n) is 1.19. The molecule has 1 atom stereocenters. The van der Waals surface area contributed by atoms with Gasteiger partial charge in [0, 0.05) is 0 Å². The highest BCUT2D eigenvalue weighted by Gasteiger charge is 2.31. The molecule has 0 spiro atoms. The molecule has 0 amide bonds. The van der Waals surface area contributed by atoms with E-state index in [4.69, 9.17) is 17.3 Å². The zero-order chi connectivity index (χ0) is 12.5. The first kappa shape index (κ1) is 13.3. The number of hydrogen-bond donors (Lipinski definition) is 1. The van der Waals surface area contributed by atoms with E-state index >= 15 is 0 Å². The Hall–Kier alpha value is -0.810. The summed E-state index contributed by atoms with van der Waals surface area (Å²) in [7, 11) is 0. The van der Waals surface area contributed by atoms with Crippen molar-refractivity contribution in [1.29, 1.82) is 0 Å². The third-order valence-electron chi connectivity index (χ3n) is 2.19. The van der Waals surface area contributed by atoms with Gasteiger partial charge in [-0.1, -0.05) is 17.7 Å². The molecule has 1 rings (SSSR count). The minimum atomic E-state index is -2.81. The van der Waals surface area contributed by atoms with Gasteiger partial charge in [0.25, 0.3) is 6.43 Å². The van der Waals surface area contributed by atoms with E-state index in [1.165, 1.54) is 0 Å². The highest BCUT2D eigenvalue weighted by Crippen LogP contribution is 2.26. The van der Waals surface area contributed by atoms with E-state index in [2.05, 4.69) is 0 Å². The van der Waals surface area contributed by atoms with E-state index in [0.717, 1.165) is 19.1 Å². The topological polar surface area (TPSA) is 26.0 Å². The molecule has 1 aromatic rings. The van der Waals surface area contributed by atoms with Crippen LogP contribution in [-0.4, -0.2) is 12.0 Å². The zero-order valence-electron chi connectivity index (χ0n) is 8.41. The maximum absolute atomic E-state index is 13.4. The summed E-state index contributed by atoms with van der Waals surface area (Å²) in [4.78, 5) is 0. The van der Waals surface area contributed by atoms with Crippen molar-refractivity contribution in [2.24, 2.45) is 5.73 Å². The van der Waals surface area contributed by atoms with Gasteiger partial charge in [0.05, 0.1) is 5.54 Å². The zero-order valence-corrected chi connectivity index (χ0v) is 9.16. The third kappa shape index (κ3) is 2.65. The van der Waals surface area contributed by atoms with Crippen LogP contribution in [0.15, 0.2) is 12.1 Å². The van der Waals surface area contributed by atoms with Crippen molar-refractivity contribution in [3.8, 4) is 0 Å². The van der Waals surface area contributed by atoms with E-state index in [1.807, 2.05) is 0 Å². The molecule has 0 aliphatic heterocycles. The highest BCUT2D eigenvalue weighted by atomic mass is 35.5. The number of rotatable bonds is 3. The molecule has 0 bridgehead atoms. The Kier molecular flexibility index (Phi) is 3.80. The average molecular weight is 256 g/mol. The predicted molar refractivity (Wildman–Crippen MR) is 53.7 cm³/mol. The van der Waals surface area contributed by atoms with Gasteiger partial charge in [-0.2, -0.15) is 0 Å². The Morgan fingerprint density at radius 1 is 1.38 bits per heavy atom. The van der Waals surface area contributed by atoms with E-state index in [1.54, 1.807) is 0 Å². The minimum Gasteiger partial charge on any atom is -0.320 e. The first-order chi connectivity index (χ1) is 7.25. The van der Waals surface area contributed by atoms with Gasteiger partial charge < -0.3 is 5.73 Å². The van der Waals surface area contributed by atoms with Crippen LogP contribution in [0.4, 0.5) is 17.6 Å². The molecule has 6 heteroatoms. The summed E-state index contributed by atoms with van der Waals surface area (Å²) in [6.07, 6.45) is -3.23. The fraction of sp³-hybridized carbons (Fsp3) is 0.400. The van der Waals surface area contributed by atoms with Crippen molar-refractivity contribution in [2.45, 2.75) is 25.3 Å². The molecule has 0 saturated carbocycles. The van der Waals surface area contributed by atoms with Crippen LogP contribution in [0.2, 0.25) is 5.02 Å². The molecule has 16 heavy (non-hydrogen) atoms. The normalized spacial score (nSPS) is 15.2. The van der Waals surface area contributed by atoms with Crippen LogP contribution in [-0.2, 0) is 6.42 Å². The maximum Gasteiger partial charge on any atom is 0.256 e. The smallest absolute Gasteiger partial charge is 0.256 e. The second-order valence-electron chi connectivity index (χ2n) is 3.82. The molecule has 0 fully saturated rings. The van der Waals surface area contributed by atoms with E-state index in [0.29, 0.717) is 0 Å². The van der Waals surface area contributed by atoms with Gasteiger partial charge in [0.2, 0.25) is 0 Å². The lowest BCUT2D eigenvalue weighted by molar-refractivity contribution is 0.0635. The van der Waals surface area contributed by atoms with Crippen molar-refractivity contribution in [3.05, 3.63) is 34.4 Å². The van der Waals surface area contributed by atoms with Crippen molar-refractivity contribution in [3.63, 3.8) is 0 Å². The fourth-order valence-corrected chi connectivity index (χ4v) is 1.37. The average Bonchev–Trinajstić information content (AvgIpc) is 2.19. The first-order valence-electron chi connectivity index (χ1n) is 4.45. The Labute approximate surface area is 95.2 Å². The van der Waals surface area contributed by atoms with Crippen LogP contribution in [0.1, 0.15) is 12.5 Å². The molecular weight excluding hydrogens is 246 g/mol. The van der Waals surface area contributed by atoms with Gasteiger partial charge >= 0.3 is 0 Å². The monoisotopic (exact) mass is 255 g/mol. The summed E-state index contributed by atoms with van der Waals surface area (Å²) in [5.74, 6) is -1.97. The molecule has 0 heterocycles. The molecule has 1 unspecified atom stereocenters. The lowest BCUT2D eigenvalue weighted by Gasteiger charge is -2.23. The molecule has 0 aliphatic carbocycles. The second-order valence-corrected chi connectivity index (χ2v) is 4.20. The Morgan fingerprint density at radius 3 is 2.44 bits per heavy atom. The van der Waals surface area contributed by atoms with Gasteiger partial charge in [0.1, 0.15) is 16.7 Å². The molecule has 1 nitrogen and oxygen atoms in total. The van der Waals surface area contributed by atoms with E-state index in [9.17, 15) is 17.6 Å². The number of halogens is 5. The maximum atomic E-state index is 13.4. The predicted octanol–water partition coefficient (Wildman–Crippen LogP) is 3.14. The van der Waals surface area contributed by atoms with Gasteiger partial charge in [-0.25, -0.2) is 17.6 Å². The number of nitrogens with two attached hydrogens (primary N) is 1. The largest absolute Gasteiger partial charge is 0.320 e. The highest BCUT2D eigenvalue weighted by molar-refractivity contribution is 6.30. The summed E-state index contributed by atoms with van der Waals surface area (Å²) < 4.78 is 51.1. The molecule has 90 valence electrons. The molecule has 0 aliphatic rings. The number of benzene rings is 1. The number of hydrogen-bond acceptors (Lipinski definition) is 1. The quantitative estimate of drug-likeness (QED) is 0.652. The molecule has 1 aromatic carbocycles. The molecular formula is C10H10ClF4N. The second kappa shape index (κ2) is 4.59. The molecule has 2 N–H and O–H groups in total. The summed E-state index contributed by atoms with van der Waals surface area (Å²) in [5, 5.41) is -0.706. The molecule has 0 aromatic heterocycles. The van der Waals surface area contributed by atoms with Gasteiger partial charge in [-0.05, 0) is 25.0 Å². The first-order valence-corrected chi connectivity index (χ1v) is 4.83. The molecule has 0 saturated heterocycles. The summed E-state index contributed by atoms with van der Waals surface area (Å²) >= 11 is 5.31. The lowest BCUT2D eigenvalue weighted by atomic mass is 9.94. The van der Waals surface area contributed by atoms with Crippen molar-refractivity contribution < 1.29 is 17.6 Å². The summed E-state index contributed by atoms with van der Waals surface area (Å²) in [6, 6.07) is 1.98. The standard InChI is InChI=1S/C10H10ClF4N/c1-10(16,9(14)15)4-5-2-3-6(12)7(11)8(5)13/h2-3,9H,4,16H2,1H3. The Bertz CT molecular complexity index is 393. The van der Waals surface area contributed by atoms with Crippen LogP contribution in [0, 0.1) is 11.6 Å². The summed E-state index contributed by atoms with van der Waals surface area (Å²) in [5.41, 5.74) is 3.29. The van der Waals surface area contributed by atoms with Crippen LogP contribution >= 0.6 is 11.6 Å². The van der Waals surface area contributed by atoms with E-state index < -0.39 is 35.0 Å². The Balaban J connectivity index is 3.04. The SMILES string of the molecule is CC(N)(Cc1ccc(F)c(Cl)c1F)C(F)F. The van der Waals surface area contributed by atoms with E-state index in [-0.39, 0.29) is 5.56 Å². The van der Waals surface area contributed by atoms with Crippen molar-refractivity contribution >= 4 is 11.6 Å². The van der Waals surface area contributed by atoms with Crippen LogP contribution in [0.3, 0.4) is 0 Å². The van der Waals surface area contributed by atoms with Gasteiger partial charge in [-0.3, -0.25) is 0 Å². The number of alkyl halides is 2. The Morgan fingerprint density at radius 2 is 1.94 bits per heavy atom. The third-order valence-corrected chi connectivity index (χ3v) is 2.53. The van der Waals surface area contributed by atoms with Crippen molar-refractivity contribution in [1.82, 2.24) is 0 Å². The molecule has 0 radical (unpaired) electrons. The van der Waals surface area contributed by atoms with Gasteiger partial charge in [-0.15, -0.1) is 0 Å². The summed E-state index contributed by atoms with van der Waals surface area (Å²) in [6.45, 7) is 1.09.